The van der Waals surface area contributed by atoms with Crippen molar-refractivity contribution in [3.05, 3.63) is 30.3 Å². The van der Waals surface area contributed by atoms with Gasteiger partial charge in [0.25, 0.3) is 0 Å². The van der Waals surface area contributed by atoms with Crippen molar-refractivity contribution >= 4 is 11.5 Å². The Labute approximate surface area is 89.3 Å². The second kappa shape index (κ2) is 4.45. The van der Waals surface area contributed by atoms with Crippen molar-refractivity contribution in [3.8, 4) is 0 Å². The third-order valence-electron chi connectivity index (χ3n) is 2.79. The average Bonchev–Trinajstić information content (AvgIpc) is 2.44. The lowest BCUT2D eigenvalue weighted by molar-refractivity contribution is -0.126. The van der Waals surface area contributed by atoms with E-state index in [1.54, 1.807) is 0 Å². The Morgan fingerprint density at radius 3 is 2.67 bits per heavy atom. The van der Waals surface area contributed by atoms with E-state index in [4.69, 9.17) is 0 Å². The summed E-state index contributed by atoms with van der Waals surface area (Å²) in [7, 11) is 0. The van der Waals surface area contributed by atoms with E-state index in [2.05, 4.69) is 4.90 Å². The van der Waals surface area contributed by atoms with Crippen LogP contribution in [0, 0.1) is 0 Å². The number of carbonyl (C=O) groups excluding carboxylic acids is 1. The standard InChI is InChI=1S/C12H15NO2/c14-11-6-8-13(9-7-12(11)15)10-4-2-1-3-5-10/h1-5,11,14H,6-9H2. The molecule has 1 aliphatic heterocycles. The van der Waals surface area contributed by atoms with E-state index in [1.165, 1.54) is 0 Å². The molecule has 1 heterocycles. The quantitative estimate of drug-likeness (QED) is 0.749. The summed E-state index contributed by atoms with van der Waals surface area (Å²) in [4.78, 5) is 13.5. The molecule has 1 unspecified atom stereocenters. The van der Waals surface area contributed by atoms with Gasteiger partial charge in [0.05, 0.1) is 0 Å². The van der Waals surface area contributed by atoms with Gasteiger partial charge in [0.1, 0.15) is 6.10 Å². The largest absolute Gasteiger partial charge is 0.385 e. The zero-order valence-electron chi connectivity index (χ0n) is 8.60. The maximum atomic E-state index is 11.3. The molecular formula is C12H15NO2. The van der Waals surface area contributed by atoms with Crippen LogP contribution < -0.4 is 4.90 Å². The first kappa shape index (κ1) is 10.2. The molecule has 1 N–H and O–H groups in total. The van der Waals surface area contributed by atoms with Crippen LogP contribution >= 0.6 is 0 Å². The molecule has 0 saturated carbocycles. The van der Waals surface area contributed by atoms with Crippen molar-refractivity contribution in [2.24, 2.45) is 0 Å². The molecule has 3 heteroatoms. The van der Waals surface area contributed by atoms with Gasteiger partial charge in [0.15, 0.2) is 5.78 Å². The third-order valence-corrected chi connectivity index (χ3v) is 2.79. The fraction of sp³-hybridized carbons (Fsp3) is 0.417. The van der Waals surface area contributed by atoms with Gasteiger partial charge in [-0.1, -0.05) is 18.2 Å². The first-order valence-corrected chi connectivity index (χ1v) is 5.28. The molecule has 1 aliphatic rings. The highest BCUT2D eigenvalue weighted by atomic mass is 16.3. The van der Waals surface area contributed by atoms with Crippen molar-refractivity contribution in [3.63, 3.8) is 0 Å². The van der Waals surface area contributed by atoms with Crippen LogP contribution in [0.1, 0.15) is 12.8 Å². The van der Waals surface area contributed by atoms with Crippen LogP contribution in [0.5, 0.6) is 0 Å². The van der Waals surface area contributed by atoms with Crippen LogP contribution in [0.4, 0.5) is 5.69 Å². The van der Waals surface area contributed by atoms with E-state index >= 15 is 0 Å². The summed E-state index contributed by atoms with van der Waals surface area (Å²) in [6.07, 6.45) is 0.211. The van der Waals surface area contributed by atoms with Crippen LogP contribution in [-0.2, 0) is 4.79 Å². The van der Waals surface area contributed by atoms with Crippen LogP contribution in [0.2, 0.25) is 0 Å². The SMILES string of the molecule is O=C1CCN(c2ccccc2)CCC1O. The van der Waals surface area contributed by atoms with Gasteiger partial charge in [0, 0.05) is 25.2 Å². The lowest BCUT2D eigenvalue weighted by atomic mass is 10.1. The molecule has 0 spiro atoms. The zero-order chi connectivity index (χ0) is 10.7. The molecule has 0 radical (unpaired) electrons. The van der Waals surface area contributed by atoms with E-state index in [1.807, 2.05) is 30.3 Å². The molecule has 1 saturated heterocycles. The van der Waals surface area contributed by atoms with E-state index in [-0.39, 0.29) is 5.78 Å². The van der Waals surface area contributed by atoms with Gasteiger partial charge in [-0.2, -0.15) is 0 Å². The molecule has 2 rings (SSSR count). The van der Waals surface area contributed by atoms with Gasteiger partial charge in [-0.05, 0) is 18.6 Å². The third kappa shape index (κ3) is 2.36. The molecule has 0 aromatic heterocycles. The van der Waals surface area contributed by atoms with Gasteiger partial charge < -0.3 is 10.0 Å². The van der Waals surface area contributed by atoms with E-state index < -0.39 is 6.10 Å². The Kier molecular flexibility index (Phi) is 3.02. The minimum atomic E-state index is -0.765. The maximum absolute atomic E-state index is 11.3. The molecule has 0 aliphatic carbocycles. The van der Waals surface area contributed by atoms with Crippen molar-refractivity contribution in [2.45, 2.75) is 18.9 Å². The monoisotopic (exact) mass is 205 g/mol. The molecule has 3 nitrogen and oxygen atoms in total. The number of hydrogen-bond acceptors (Lipinski definition) is 3. The summed E-state index contributed by atoms with van der Waals surface area (Å²) in [5.74, 6) is -0.0339. The van der Waals surface area contributed by atoms with E-state index in [0.717, 1.165) is 12.2 Å². The summed E-state index contributed by atoms with van der Waals surface area (Å²) < 4.78 is 0. The van der Waals surface area contributed by atoms with Gasteiger partial charge in [-0.3, -0.25) is 4.79 Å². The highest BCUT2D eigenvalue weighted by Gasteiger charge is 2.21. The molecule has 0 amide bonds. The van der Waals surface area contributed by atoms with E-state index in [9.17, 15) is 9.90 Å². The highest BCUT2D eigenvalue weighted by molar-refractivity contribution is 5.83. The lowest BCUT2D eigenvalue weighted by Crippen LogP contribution is -2.24. The molecule has 80 valence electrons. The zero-order valence-corrected chi connectivity index (χ0v) is 8.60. The second-order valence-corrected chi connectivity index (χ2v) is 3.84. The number of ketones is 1. The Morgan fingerprint density at radius 2 is 1.93 bits per heavy atom. The van der Waals surface area contributed by atoms with Gasteiger partial charge in [-0.25, -0.2) is 0 Å². The molecule has 1 fully saturated rings. The summed E-state index contributed by atoms with van der Waals surface area (Å²) in [6.45, 7) is 1.46. The first-order valence-electron chi connectivity index (χ1n) is 5.28. The number of carbonyl (C=O) groups is 1. The summed E-state index contributed by atoms with van der Waals surface area (Å²) >= 11 is 0. The van der Waals surface area contributed by atoms with Crippen molar-refractivity contribution in [1.82, 2.24) is 0 Å². The lowest BCUT2D eigenvalue weighted by Gasteiger charge is -2.21. The Hall–Kier alpha value is -1.35. The maximum Gasteiger partial charge on any atom is 0.163 e. The number of benzene rings is 1. The number of rotatable bonds is 1. The second-order valence-electron chi connectivity index (χ2n) is 3.84. The average molecular weight is 205 g/mol. The number of para-hydroxylation sites is 1. The smallest absolute Gasteiger partial charge is 0.163 e. The number of hydrogen-bond donors (Lipinski definition) is 1. The van der Waals surface area contributed by atoms with Gasteiger partial charge in [0.2, 0.25) is 0 Å². The topological polar surface area (TPSA) is 40.5 Å². The predicted molar refractivity (Wildman–Crippen MR) is 58.9 cm³/mol. The fourth-order valence-corrected chi connectivity index (χ4v) is 1.86. The summed E-state index contributed by atoms with van der Waals surface area (Å²) in [5.41, 5.74) is 1.12. The van der Waals surface area contributed by atoms with Crippen molar-refractivity contribution in [1.29, 1.82) is 0 Å². The highest BCUT2D eigenvalue weighted by Crippen LogP contribution is 2.17. The number of nitrogens with zero attached hydrogens (tertiary/aromatic N) is 1. The molecule has 1 aromatic carbocycles. The molecule has 15 heavy (non-hydrogen) atoms. The number of aliphatic hydroxyl groups is 1. The van der Waals surface area contributed by atoms with Gasteiger partial charge in [-0.15, -0.1) is 0 Å². The van der Waals surface area contributed by atoms with Crippen LogP contribution in [0.3, 0.4) is 0 Å². The Morgan fingerprint density at radius 1 is 1.20 bits per heavy atom. The minimum Gasteiger partial charge on any atom is -0.385 e. The Bertz CT molecular complexity index is 337. The molecular weight excluding hydrogens is 190 g/mol. The number of aliphatic hydroxyl groups excluding tert-OH is 1. The number of anilines is 1. The minimum absolute atomic E-state index is 0.0339. The van der Waals surface area contributed by atoms with Crippen molar-refractivity contribution < 1.29 is 9.90 Å². The van der Waals surface area contributed by atoms with Gasteiger partial charge >= 0.3 is 0 Å². The molecule has 1 aromatic rings. The molecule has 1 atom stereocenters. The normalized spacial score (nSPS) is 22.6. The first-order chi connectivity index (χ1) is 7.27. The van der Waals surface area contributed by atoms with E-state index in [0.29, 0.717) is 19.4 Å². The van der Waals surface area contributed by atoms with Crippen LogP contribution in [-0.4, -0.2) is 30.1 Å². The Balaban J connectivity index is 2.09. The van der Waals surface area contributed by atoms with Crippen molar-refractivity contribution in [2.75, 3.05) is 18.0 Å². The molecule has 0 bridgehead atoms. The predicted octanol–water partition coefficient (Wildman–Crippen LogP) is 1.22. The fourth-order valence-electron chi connectivity index (χ4n) is 1.86. The number of Topliss-reactive ketones (excluding diaryl/α,β-unsaturated/α-hetero) is 1. The summed E-state index contributed by atoms with van der Waals surface area (Å²) in [6, 6.07) is 10.0. The van der Waals surface area contributed by atoms with Crippen LogP contribution in [0.25, 0.3) is 0 Å². The van der Waals surface area contributed by atoms with Crippen LogP contribution in [0.15, 0.2) is 30.3 Å². The summed E-state index contributed by atoms with van der Waals surface area (Å²) in [5, 5.41) is 9.45.